The maximum atomic E-state index is 10.3. The van der Waals surface area contributed by atoms with Crippen LogP contribution in [0.3, 0.4) is 0 Å². The smallest absolute Gasteiger partial charge is 0.154 e. The number of piperidine rings is 1. The minimum Gasteiger partial charge on any atom is -0.390 e. The fourth-order valence-corrected chi connectivity index (χ4v) is 4.89. The van der Waals surface area contributed by atoms with E-state index in [9.17, 15) is 5.11 Å². The van der Waals surface area contributed by atoms with Gasteiger partial charge in [-0.2, -0.15) is 0 Å². The average Bonchev–Trinajstić information content (AvgIpc) is 2.87. The fraction of sp³-hybridized carbons (Fsp3) is 0.500. The third-order valence-corrected chi connectivity index (χ3v) is 6.98. The van der Waals surface area contributed by atoms with Gasteiger partial charge in [-0.15, -0.1) is 0 Å². The van der Waals surface area contributed by atoms with Gasteiger partial charge in [-0.05, 0) is 50.8 Å². The van der Waals surface area contributed by atoms with Crippen LogP contribution in [0.15, 0.2) is 42.7 Å². The molecule has 0 saturated carbocycles. The van der Waals surface area contributed by atoms with E-state index in [0.29, 0.717) is 12.5 Å². The van der Waals surface area contributed by atoms with Crippen LogP contribution in [0.2, 0.25) is 0 Å². The second-order valence-electron chi connectivity index (χ2n) is 9.82. The van der Waals surface area contributed by atoms with Crippen LogP contribution in [-0.4, -0.2) is 71.1 Å². The van der Waals surface area contributed by atoms with Crippen molar-refractivity contribution in [3.8, 4) is 11.3 Å². The number of benzene rings is 1. The molecule has 34 heavy (non-hydrogen) atoms. The van der Waals surface area contributed by atoms with Crippen molar-refractivity contribution in [2.24, 2.45) is 5.92 Å². The van der Waals surface area contributed by atoms with Crippen molar-refractivity contribution in [1.82, 2.24) is 20.3 Å². The zero-order valence-corrected chi connectivity index (χ0v) is 20.0. The Labute approximate surface area is 200 Å². The highest BCUT2D eigenvalue weighted by Gasteiger charge is 2.30. The second-order valence-corrected chi connectivity index (χ2v) is 9.82. The van der Waals surface area contributed by atoms with E-state index in [1.165, 1.54) is 5.69 Å². The van der Waals surface area contributed by atoms with Gasteiger partial charge in [0, 0.05) is 56.4 Å². The Kier molecular flexibility index (Phi) is 6.63. The topological polar surface area (TPSA) is 95.4 Å². The molecule has 1 atom stereocenters. The number of rotatable bonds is 6. The Morgan fingerprint density at radius 3 is 2.62 bits per heavy atom. The molecule has 3 N–H and O–H groups in total. The number of fused-ring (bicyclic) bond motifs is 1. The highest BCUT2D eigenvalue weighted by atomic mass is 16.5. The van der Waals surface area contributed by atoms with Crippen LogP contribution in [0.5, 0.6) is 0 Å². The van der Waals surface area contributed by atoms with E-state index >= 15 is 0 Å². The summed E-state index contributed by atoms with van der Waals surface area (Å²) in [5, 5.41) is 17.1. The maximum absolute atomic E-state index is 10.3. The lowest BCUT2D eigenvalue weighted by Gasteiger charge is -2.38. The van der Waals surface area contributed by atoms with E-state index in [-0.39, 0.29) is 6.10 Å². The molecule has 0 spiro atoms. The normalized spacial score (nSPS) is 20.0. The number of nitrogens with zero attached hydrogens (tertiary/aromatic N) is 4. The van der Waals surface area contributed by atoms with Crippen molar-refractivity contribution < 1.29 is 9.84 Å². The number of pyridine rings is 1. The first kappa shape index (κ1) is 23.0. The molecule has 2 saturated heterocycles. The number of nitrogens with one attached hydrogen (secondary N) is 2. The third-order valence-electron chi connectivity index (χ3n) is 6.98. The van der Waals surface area contributed by atoms with Crippen LogP contribution < -0.4 is 15.5 Å². The quantitative estimate of drug-likeness (QED) is 0.514. The summed E-state index contributed by atoms with van der Waals surface area (Å²) in [6, 6.07) is 10.6. The number of hydrogen-bond acceptors (Lipinski definition) is 8. The molecule has 0 amide bonds. The van der Waals surface area contributed by atoms with Gasteiger partial charge >= 0.3 is 0 Å². The molecule has 2 aliphatic rings. The van der Waals surface area contributed by atoms with Crippen molar-refractivity contribution in [1.29, 1.82) is 0 Å². The molecule has 1 unspecified atom stereocenters. The Morgan fingerprint density at radius 1 is 1.15 bits per heavy atom. The van der Waals surface area contributed by atoms with E-state index in [1.807, 2.05) is 19.9 Å². The van der Waals surface area contributed by atoms with Crippen molar-refractivity contribution in [2.75, 3.05) is 49.5 Å². The zero-order chi connectivity index (χ0) is 23.5. The average molecular weight is 463 g/mol. The first-order valence-corrected chi connectivity index (χ1v) is 12.2. The molecule has 8 heteroatoms. The summed E-state index contributed by atoms with van der Waals surface area (Å²) in [6.07, 6.45) is 5.52. The Hall–Kier alpha value is -2.81. The molecule has 5 rings (SSSR count). The third kappa shape index (κ3) is 5.14. The van der Waals surface area contributed by atoms with Gasteiger partial charge in [0.25, 0.3) is 0 Å². The lowest BCUT2D eigenvalue weighted by Crippen LogP contribution is -2.42. The molecule has 2 aromatic heterocycles. The summed E-state index contributed by atoms with van der Waals surface area (Å²) in [5.74, 6) is 1.08. The molecule has 0 radical (unpaired) electrons. The minimum atomic E-state index is -0.605. The SMILES string of the molecule is CC(C)(O)C1CCN(c2ccc(-c3cc4nccnc4c(NCC4CNCCO4)n3)cc2)CC1. The molecule has 180 valence electrons. The first-order chi connectivity index (χ1) is 16.5. The largest absolute Gasteiger partial charge is 0.390 e. The molecule has 2 aliphatic heterocycles. The van der Waals surface area contributed by atoms with Gasteiger partial charge in [-0.3, -0.25) is 4.98 Å². The van der Waals surface area contributed by atoms with Gasteiger partial charge in [0.2, 0.25) is 0 Å². The first-order valence-electron chi connectivity index (χ1n) is 12.2. The molecule has 3 aromatic rings. The molecule has 0 bridgehead atoms. The molecule has 0 aliphatic carbocycles. The lowest BCUT2D eigenvalue weighted by molar-refractivity contribution is 0.00651. The molecule has 2 fully saturated rings. The predicted molar refractivity (Wildman–Crippen MR) is 135 cm³/mol. The predicted octanol–water partition coefficient (Wildman–Crippen LogP) is 3.08. The standard InChI is InChI=1S/C26H34N6O2/c1-26(2,33)19-7-12-32(13-8-19)20-5-3-18(4-6-20)22-15-23-24(29-10-9-28-23)25(31-22)30-17-21-16-27-11-14-34-21/h3-6,9-10,15,19,21,27,33H,7-8,11-14,16-17H2,1-2H3,(H,30,31). The lowest BCUT2D eigenvalue weighted by atomic mass is 9.83. The fourth-order valence-electron chi connectivity index (χ4n) is 4.89. The summed E-state index contributed by atoms with van der Waals surface area (Å²) in [4.78, 5) is 16.3. The summed E-state index contributed by atoms with van der Waals surface area (Å²) in [6.45, 7) is 8.87. The zero-order valence-electron chi connectivity index (χ0n) is 20.0. The van der Waals surface area contributed by atoms with Gasteiger partial charge in [0.15, 0.2) is 5.82 Å². The molecule has 4 heterocycles. The Morgan fingerprint density at radius 2 is 1.91 bits per heavy atom. The Balaban J connectivity index is 1.33. The molecular weight excluding hydrogens is 428 g/mol. The van der Waals surface area contributed by atoms with Crippen molar-refractivity contribution in [2.45, 2.75) is 38.4 Å². The summed E-state index contributed by atoms with van der Waals surface area (Å²) >= 11 is 0. The number of hydrogen-bond donors (Lipinski definition) is 3. The van der Waals surface area contributed by atoms with Gasteiger partial charge in [-0.1, -0.05) is 12.1 Å². The summed E-state index contributed by atoms with van der Waals surface area (Å²) in [7, 11) is 0. The number of aromatic nitrogens is 3. The second kappa shape index (κ2) is 9.82. The van der Waals surface area contributed by atoms with Crippen LogP contribution >= 0.6 is 0 Å². The molecular formula is C26H34N6O2. The van der Waals surface area contributed by atoms with Gasteiger partial charge in [-0.25, -0.2) is 9.97 Å². The number of morpholine rings is 1. The van der Waals surface area contributed by atoms with Crippen molar-refractivity contribution in [3.63, 3.8) is 0 Å². The van der Waals surface area contributed by atoms with E-state index in [2.05, 4.69) is 49.8 Å². The monoisotopic (exact) mass is 462 g/mol. The van der Waals surface area contributed by atoms with Crippen LogP contribution in [0.4, 0.5) is 11.5 Å². The summed E-state index contributed by atoms with van der Waals surface area (Å²) in [5.41, 5.74) is 4.09. The highest BCUT2D eigenvalue weighted by molar-refractivity contribution is 5.88. The van der Waals surface area contributed by atoms with Gasteiger partial charge in [0.1, 0.15) is 5.52 Å². The van der Waals surface area contributed by atoms with E-state index in [0.717, 1.165) is 73.7 Å². The van der Waals surface area contributed by atoms with E-state index in [4.69, 9.17) is 9.72 Å². The summed E-state index contributed by atoms with van der Waals surface area (Å²) < 4.78 is 5.82. The maximum Gasteiger partial charge on any atom is 0.154 e. The van der Waals surface area contributed by atoms with Gasteiger partial charge < -0.3 is 25.4 Å². The number of anilines is 2. The van der Waals surface area contributed by atoms with Crippen LogP contribution in [0.1, 0.15) is 26.7 Å². The number of aliphatic hydroxyl groups is 1. The van der Waals surface area contributed by atoms with Crippen molar-refractivity contribution >= 4 is 22.5 Å². The van der Waals surface area contributed by atoms with Crippen molar-refractivity contribution in [3.05, 3.63) is 42.7 Å². The minimum absolute atomic E-state index is 0.103. The van der Waals surface area contributed by atoms with Crippen LogP contribution in [-0.2, 0) is 4.74 Å². The molecule has 1 aromatic carbocycles. The van der Waals surface area contributed by atoms with E-state index in [1.54, 1.807) is 12.4 Å². The molecule has 8 nitrogen and oxygen atoms in total. The van der Waals surface area contributed by atoms with Gasteiger partial charge in [0.05, 0.1) is 29.5 Å². The van der Waals surface area contributed by atoms with E-state index < -0.39 is 5.60 Å². The highest BCUT2D eigenvalue weighted by Crippen LogP contribution is 2.32. The Bertz CT molecular complexity index is 1100. The van der Waals surface area contributed by atoms with Crippen LogP contribution in [0.25, 0.3) is 22.3 Å². The van der Waals surface area contributed by atoms with Crippen LogP contribution in [0, 0.1) is 5.92 Å². The number of ether oxygens (including phenoxy) is 1.